The van der Waals surface area contributed by atoms with E-state index < -0.39 is 0 Å². The zero-order chi connectivity index (χ0) is 22.1. The van der Waals surface area contributed by atoms with Crippen LogP contribution in [0.1, 0.15) is 36.3 Å². The Morgan fingerprint density at radius 2 is 1.97 bits per heavy atom. The van der Waals surface area contributed by atoms with Crippen LogP contribution in [0.15, 0.2) is 36.4 Å². The first-order chi connectivity index (χ1) is 15.6. The number of carbonyl (C=O) groups excluding carboxylic acids is 1. The molecule has 3 aliphatic rings. The third-order valence-corrected chi connectivity index (χ3v) is 7.08. The van der Waals surface area contributed by atoms with E-state index in [2.05, 4.69) is 27.3 Å². The van der Waals surface area contributed by atoms with E-state index in [0.717, 1.165) is 69.1 Å². The molecule has 6 nitrogen and oxygen atoms in total. The number of hydrogen-bond donors (Lipinski definition) is 1. The van der Waals surface area contributed by atoms with E-state index in [-0.39, 0.29) is 11.8 Å². The fourth-order valence-electron chi connectivity index (χ4n) is 4.84. The molecule has 0 aromatic heterocycles. The van der Waals surface area contributed by atoms with E-state index >= 15 is 0 Å². The Labute approximate surface area is 193 Å². The number of nitrogens with one attached hydrogen (secondary N) is 1. The summed E-state index contributed by atoms with van der Waals surface area (Å²) in [5, 5.41) is 12.9. The topological polar surface area (TPSA) is 68.6 Å². The van der Waals surface area contributed by atoms with Gasteiger partial charge in [0.05, 0.1) is 22.9 Å². The van der Waals surface area contributed by atoms with Gasteiger partial charge in [-0.15, -0.1) is 0 Å². The number of piperazine rings is 1. The molecule has 1 saturated heterocycles. The van der Waals surface area contributed by atoms with Crippen LogP contribution in [-0.2, 0) is 4.79 Å². The van der Waals surface area contributed by atoms with Crippen molar-refractivity contribution >= 4 is 28.9 Å². The number of hydrogen-bond acceptors (Lipinski definition) is 5. The van der Waals surface area contributed by atoms with Gasteiger partial charge in [-0.3, -0.25) is 9.69 Å². The molecule has 0 radical (unpaired) electrons. The Hall–Kier alpha value is -2.75. The van der Waals surface area contributed by atoms with Crippen molar-refractivity contribution < 1.29 is 9.53 Å². The number of anilines is 2. The van der Waals surface area contributed by atoms with Gasteiger partial charge in [-0.1, -0.05) is 23.7 Å². The van der Waals surface area contributed by atoms with Crippen LogP contribution in [0.3, 0.4) is 0 Å². The minimum absolute atomic E-state index is 0.152. The van der Waals surface area contributed by atoms with Crippen LogP contribution in [0.5, 0.6) is 5.75 Å². The monoisotopic (exact) mass is 450 g/mol. The molecule has 1 N–H and O–H groups in total. The normalized spacial score (nSPS) is 21.9. The summed E-state index contributed by atoms with van der Waals surface area (Å²) in [6.45, 7) is 5.46. The SMILES string of the molecule is N#Cc1c(Cl)cccc1N1CCN(CCCCOc2ccc3c(c2)NC(=O)C2CC32)CC1. The molecular formula is C25H27ClN4O2. The first kappa shape index (κ1) is 21.1. The molecule has 0 bridgehead atoms. The number of rotatable bonds is 7. The first-order valence-corrected chi connectivity index (χ1v) is 11.8. The van der Waals surface area contributed by atoms with Crippen molar-refractivity contribution in [1.29, 1.82) is 5.26 Å². The van der Waals surface area contributed by atoms with Crippen molar-refractivity contribution in [2.45, 2.75) is 25.2 Å². The van der Waals surface area contributed by atoms with E-state index in [4.69, 9.17) is 16.3 Å². The van der Waals surface area contributed by atoms with Crippen molar-refractivity contribution in [3.8, 4) is 11.8 Å². The predicted octanol–water partition coefficient (Wildman–Crippen LogP) is 4.25. The van der Waals surface area contributed by atoms with Crippen LogP contribution in [0, 0.1) is 17.2 Å². The molecule has 2 aromatic carbocycles. The van der Waals surface area contributed by atoms with Crippen molar-refractivity contribution in [2.24, 2.45) is 5.92 Å². The summed E-state index contributed by atoms with van der Waals surface area (Å²) in [5.41, 5.74) is 3.68. The number of carbonyl (C=O) groups is 1. The summed E-state index contributed by atoms with van der Waals surface area (Å²) in [6, 6.07) is 14.0. The highest BCUT2D eigenvalue weighted by atomic mass is 35.5. The molecule has 2 unspecified atom stereocenters. The van der Waals surface area contributed by atoms with Crippen LogP contribution in [0.2, 0.25) is 5.02 Å². The molecule has 2 aliphatic heterocycles. The lowest BCUT2D eigenvalue weighted by Crippen LogP contribution is -2.46. The minimum atomic E-state index is 0.152. The first-order valence-electron chi connectivity index (χ1n) is 11.4. The fraction of sp³-hybridized carbons (Fsp3) is 0.440. The maximum absolute atomic E-state index is 11.9. The zero-order valence-electron chi connectivity index (χ0n) is 18.0. The number of nitriles is 1. The van der Waals surface area contributed by atoms with Gasteiger partial charge in [0, 0.05) is 43.9 Å². The molecular weight excluding hydrogens is 424 g/mol. The highest BCUT2D eigenvalue weighted by molar-refractivity contribution is 6.32. The summed E-state index contributed by atoms with van der Waals surface area (Å²) >= 11 is 6.18. The number of unbranched alkanes of at least 4 members (excludes halogenated alkanes) is 1. The van der Waals surface area contributed by atoms with Gasteiger partial charge in [-0.2, -0.15) is 5.26 Å². The number of fused-ring (bicyclic) bond motifs is 3. The average molecular weight is 451 g/mol. The van der Waals surface area contributed by atoms with Crippen LogP contribution >= 0.6 is 11.6 Å². The molecule has 5 rings (SSSR count). The molecule has 2 heterocycles. The van der Waals surface area contributed by atoms with E-state index in [1.807, 2.05) is 24.3 Å². The van der Waals surface area contributed by atoms with Gasteiger partial charge in [0.2, 0.25) is 5.91 Å². The van der Waals surface area contributed by atoms with Crippen molar-refractivity contribution in [1.82, 2.24) is 4.90 Å². The average Bonchev–Trinajstić information content (AvgIpc) is 3.61. The Morgan fingerprint density at radius 3 is 2.78 bits per heavy atom. The molecule has 7 heteroatoms. The van der Waals surface area contributed by atoms with Crippen LogP contribution in [0.4, 0.5) is 11.4 Å². The lowest BCUT2D eigenvalue weighted by Gasteiger charge is -2.36. The second-order valence-electron chi connectivity index (χ2n) is 8.82. The van der Waals surface area contributed by atoms with Gasteiger partial charge in [0.1, 0.15) is 11.8 Å². The Kier molecular flexibility index (Phi) is 5.95. The molecule has 32 heavy (non-hydrogen) atoms. The van der Waals surface area contributed by atoms with E-state index in [1.54, 1.807) is 6.07 Å². The Bertz CT molecular complexity index is 1060. The van der Waals surface area contributed by atoms with Crippen molar-refractivity contribution in [3.63, 3.8) is 0 Å². The van der Waals surface area contributed by atoms with Gasteiger partial charge >= 0.3 is 0 Å². The summed E-state index contributed by atoms with van der Waals surface area (Å²) < 4.78 is 5.94. The molecule has 1 aliphatic carbocycles. The molecule has 2 aromatic rings. The molecule has 2 atom stereocenters. The van der Waals surface area contributed by atoms with Gasteiger partial charge in [-0.25, -0.2) is 0 Å². The summed E-state index contributed by atoms with van der Waals surface area (Å²) in [7, 11) is 0. The second kappa shape index (κ2) is 9.01. The fourth-order valence-corrected chi connectivity index (χ4v) is 5.05. The molecule has 0 spiro atoms. The summed E-state index contributed by atoms with van der Waals surface area (Å²) in [6.07, 6.45) is 3.04. The molecule has 1 saturated carbocycles. The van der Waals surface area contributed by atoms with Crippen LogP contribution < -0.4 is 15.0 Å². The van der Waals surface area contributed by atoms with Gasteiger partial charge in [-0.05, 0) is 55.5 Å². The third-order valence-electron chi connectivity index (χ3n) is 6.76. The number of benzene rings is 2. The lowest BCUT2D eigenvalue weighted by molar-refractivity contribution is -0.117. The Morgan fingerprint density at radius 1 is 1.12 bits per heavy atom. The number of amides is 1. The zero-order valence-corrected chi connectivity index (χ0v) is 18.8. The van der Waals surface area contributed by atoms with E-state index in [9.17, 15) is 10.1 Å². The molecule has 1 amide bonds. The standard InChI is InChI=1S/C25H27ClN4O2/c26-22-4-3-5-24(21(22)16-27)30-11-9-29(10-12-30)8-1-2-13-32-17-6-7-18-19-15-20(19)25(31)28-23(18)14-17/h3-7,14,19-20H,1-2,8-13,15H2,(H,28,31). The lowest BCUT2D eigenvalue weighted by atomic mass is 10.0. The maximum atomic E-state index is 11.9. The van der Waals surface area contributed by atoms with Crippen LogP contribution in [0.25, 0.3) is 0 Å². The smallest absolute Gasteiger partial charge is 0.228 e. The molecule has 166 valence electrons. The third kappa shape index (κ3) is 4.28. The largest absolute Gasteiger partial charge is 0.494 e. The second-order valence-corrected chi connectivity index (χ2v) is 9.22. The summed E-state index contributed by atoms with van der Waals surface area (Å²) in [5.74, 6) is 1.58. The van der Waals surface area contributed by atoms with Gasteiger partial charge in [0.15, 0.2) is 0 Å². The van der Waals surface area contributed by atoms with Crippen molar-refractivity contribution in [2.75, 3.05) is 49.5 Å². The molecule has 2 fully saturated rings. The quantitative estimate of drug-likeness (QED) is 0.639. The van der Waals surface area contributed by atoms with Gasteiger partial charge < -0.3 is 15.0 Å². The van der Waals surface area contributed by atoms with Crippen molar-refractivity contribution in [3.05, 3.63) is 52.5 Å². The minimum Gasteiger partial charge on any atom is -0.494 e. The predicted molar refractivity (Wildman–Crippen MR) is 125 cm³/mol. The Balaban J connectivity index is 1.03. The highest BCUT2D eigenvalue weighted by Gasteiger charge is 2.48. The number of ether oxygens (including phenoxy) is 1. The highest BCUT2D eigenvalue weighted by Crippen LogP contribution is 2.53. The van der Waals surface area contributed by atoms with E-state index in [1.165, 1.54) is 5.56 Å². The van der Waals surface area contributed by atoms with E-state index in [0.29, 0.717) is 23.1 Å². The van der Waals surface area contributed by atoms with Crippen LogP contribution in [-0.4, -0.2) is 50.1 Å². The number of halogens is 1. The number of nitrogens with zero attached hydrogens (tertiary/aromatic N) is 3. The summed E-state index contributed by atoms with van der Waals surface area (Å²) in [4.78, 5) is 16.6. The van der Waals surface area contributed by atoms with Gasteiger partial charge in [0.25, 0.3) is 0 Å². The maximum Gasteiger partial charge on any atom is 0.228 e.